The quantitative estimate of drug-likeness (QED) is 0.782. The van der Waals surface area contributed by atoms with Gasteiger partial charge in [0.25, 0.3) is 0 Å². The van der Waals surface area contributed by atoms with Crippen LogP contribution in [0.25, 0.3) is 0 Å². The Kier molecular flexibility index (Phi) is 2.87. The Hall–Kier alpha value is -0.610. The molecule has 0 aromatic carbocycles. The third-order valence-electron chi connectivity index (χ3n) is 2.91. The minimum absolute atomic E-state index is 0.370. The first kappa shape index (κ1) is 12.5. The Morgan fingerprint density at radius 2 is 1.93 bits per heavy atom. The molecule has 1 heterocycles. The average molecular weight is 216 g/mol. The molecule has 0 spiro atoms. The summed E-state index contributed by atoms with van der Waals surface area (Å²) < 4.78 is 11.2. The van der Waals surface area contributed by atoms with E-state index in [-0.39, 0.29) is 0 Å². The lowest BCUT2D eigenvalue weighted by Crippen LogP contribution is -2.54. The molecule has 0 radical (unpaired) electrons. The summed E-state index contributed by atoms with van der Waals surface area (Å²) >= 11 is 0. The highest BCUT2D eigenvalue weighted by Gasteiger charge is 2.63. The lowest BCUT2D eigenvalue weighted by Gasteiger charge is -2.35. The van der Waals surface area contributed by atoms with Gasteiger partial charge in [0.15, 0.2) is 5.60 Å². The second kappa shape index (κ2) is 3.46. The molecule has 1 aliphatic heterocycles. The van der Waals surface area contributed by atoms with E-state index in [1.807, 2.05) is 13.8 Å². The molecule has 1 fully saturated rings. The summed E-state index contributed by atoms with van der Waals surface area (Å²) in [6.45, 7) is 9.48. The van der Waals surface area contributed by atoms with Crippen LogP contribution in [0.4, 0.5) is 0 Å². The van der Waals surface area contributed by atoms with Gasteiger partial charge in [0.1, 0.15) is 5.60 Å². The summed E-state index contributed by atoms with van der Waals surface area (Å²) in [5.41, 5.74) is -2.50. The van der Waals surface area contributed by atoms with E-state index < -0.39 is 22.8 Å². The largest absolute Gasteiger partial charge is 0.479 e. The summed E-state index contributed by atoms with van der Waals surface area (Å²) in [6, 6.07) is 0. The number of hydrogen-bond donors (Lipinski definition) is 1. The molecule has 1 rings (SSSR count). The Labute approximate surface area is 90.6 Å². The zero-order valence-corrected chi connectivity index (χ0v) is 10.1. The van der Waals surface area contributed by atoms with Crippen molar-refractivity contribution < 1.29 is 19.4 Å². The number of ether oxygens (including phenoxy) is 2. The first-order chi connectivity index (χ1) is 6.67. The maximum absolute atomic E-state index is 11.4. The van der Waals surface area contributed by atoms with Crippen LogP contribution in [-0.2, 0) is 14.3 Å². The van der Waals surface area contributed by atoms with Crippen LogP contribution in [-0.4, -0.2) is 34.5 Å². The van der Waals surface area contributed by atoms with Crippen LogP contribution in [0.1, 0.15) is 41.0 Å². The molecule has 0 bridgehead atoms. The molecule has 4 nitrogen and oxygen atoms in total. The van der Waals surface area contributed by atoms with Gasteiger partial charge < -0.3 is 14.6 Å². The number of carbonyl (C=O) groups is 1. The highest BCUT2D eigenvalue weighted by atomic mass is 16.6. The van der Waals surface area contributed by atoms with Crippen LogP contribution in [0.3, 0.4) is 0 Å². The Balaban J connectivity index is 3.12. The van der Waals surface area contributed by atoms with Crippen molar-refractivity contribution in [2.75, 3.05) is 6.61 Å². The van der Waals surface area contributed by atoms with Crippen LogP contribution in [0.15, 0.2) is 0 Å². The average Bonchev–Trinajstić information content (AvgIpc) is 2.17. The van der Waals surface area contributed by atoms with E-state index in [0.29, 0.717) is 13.0 Å². The van der Waals surface area contributed by atoms with Crippen molar-refractivity contribution in [1.82, 2.24) is 0 Å². The number of hydrogen-bond acceptors (Lipinski definition) is 3. The molecule has 1 atom stereocenters. The molecule has 0 amide bonds. The lowest BCUT2D eigenvalue weighted by atomic mass is 9.82. The van der Waals surface area contributed by atoms with Gasteiger partial charge in [0.2, 0.25) is 0 Å². The Bertz CT molecular complexity index is 270. The van der Waals surface area contributed by atoms with E-state index >= 15 is 0 Å². The Morgan fingerprint density at radius 3 is 2.20 bits per heavy atom. The molecule has 1 N–H and O–H groups in total. The van der Waals surface area contributed by atoms with Gasteiger partial charge in [-0.3, -0.25) is 0 Å². The van der Waals surface area contributed by atoms with Gasteiger partial charge in [-0.25, -0.2) is 4.79 Å². The summed E-state index contributed by atoms with van der Waals surface area (Å²) in [6.07, 6.45) is 0.371. The highest BCUT2D eigenvalue weighted by molar-refractivity contribution is 5.80. The first-order valence-corrected chi connectivity index (χ1v) is 5.24. The van der Waals surface area contributed by atoms with E-state index in [1.54, 1.807) is 20.8 Å². The summed E-state index contributed by atoms with van der Waals surface area (Å²) in [5, 5.41) is 9.36. The second-order valence-corrected chi connectivity index (χ2v) is 5.11. The van der Waals surface area contributed by atoms with Gasteiger partial charge in [0, 0.05) is 13.0 Å². The zero-order chi connectivity index (χ0) is 11.9. The number of carboxylic acids is 1. The van der Waals surface area contributed by atoms with E-state index in [9.17, 15) is 9.90 Å². The zero-order valence-electron chi connectivity index (χ0n) is 10.1. The van der Waals surface area contributed by atoms with Crippen molar-refractivity contribution in [2.45, 2.75) is 57.8 Å². The summed E-state index contributed by atoms with van der Waals surface area (Å²) in [5.74, 6) is -0.945. The smallest absolute Gasteiger partial charge is 0.339 e. The minimum Gasteiger partial charge on any atom is -0.479 e. The highest BCUT2D eigenvalue weighted by Crippen LogP contribution is 2.47. The third kappa shape index (κ3) is 1.88. The minimum atomic E-state index is -1.23. The normalized spacial score (nSPS) is 32.9. The van der Waals surface area contributed by atoms with Crippen molar-refractivity contribution in [1.29, 1.82) is 0 Å². The van der Waals surface area contributed by atoms with E-state index in [2.05, 4.69) is 0 Å². The molecule has 1 aliphatic rings. The monoisotopic (exact) mass is 216 g/mol. The topological polar surface area (TPSA) is 55.8 Å². The summed E-state index contributed by atoms with van der Waals surface area (Å²) in [4.78, 5) is 11.4. The number of rotatable bonds is 3. The molecular weight excluding hydrogens is 196 g/mol. The van der Waals surface area contributed by atoms with E-state index in [0.717, 1.165) is 0 Å². The van der Waals surface area contributed by atoms with Crippen LogP contribution in [0, 0.1) is 0 Å². The molecule has 88 valence electrons. The fourth-order valence-electron chi connectivity index (χ4n) is 2.49. The van der Waals surface area contributed by atoms with Crippen molar-refractivity contribution in [3.63, 3.8) is 0 Å². The molecule has 0 aliphatic carbocycles. The maximum atomic E-state index is 11.4. The molecule has 15 heavy (non-hydrogen) atoms. The van der Waals surface area contributed by atoms with Crippen LogP contribution in [0.2, 0.25) is 0 Å². The molecule has 1 saturated heterocycles. The number of carboxylic acid groups (broad SMARTS) is 1. The van der Waals surface area contributed by atoms with Gasteiger partial charge in [-0.1, -0.05) is 0 Å². The van der Waals surface area contributed by atoms with Gasteiger partial charge >= 0.3 is 5.97 Å². The fourth-order valence-corrected chi connectivity index (χ4v) is 2.49. The predicted octanol–water partition coefficient (Wildman–Crippen LogP) is 1.82. The molecule has 0 aromatic heterocycles. The SMILES string of the molecule is CCOC1(C(=O)O)CC(C)(C)OC1(C)C. The van der Waals surface area contributed by atoms with Crippen LogP contribution in [0.5, 0.6) is 0 Å². The third-order valence-corrected chi connectivity index (χ3v) is 2.91. The van der Waals surface area contributed by atoms with Crippen molar-refractivity contribution >= 4 is 5.97 Å². The first-order valence-electron chi connectivity index (χ1n) is 5.24. The van der Waals surface area contributed by atoms with E-state index in [1.165, 1.54) is 0 Å². The van der Waals surface area contributed by atoms with Crippen molar-refractivity contribution in [2.24, 2.45) is 0 Å². The lowest BCUT2D eigenvalue weighted by molar-refractivity contribution is -0.188. The molecule has 0 saturated carbocycles. The molecule has 1 unspecified atom stereocenters. The molecule has 4 heteroatoms. The van der Waals surface area contributed by atoms with Crippen LogP contribution >= 0.6 is 0 Å². The maximum Gasteiger partial charge on any atom is 0.339 e. The fraction of sp³-hybridized carbons (Fsp3) is 0.909. The van der Waals surface area contributed by atoms with Crippen molar-refractivity contribution in [3.8, 4) is 0 Å². The van der Waals surface area contributed by atoms with Gasteiger partial charge in [-0.15, -0.1) is 0 Å². The standard InChI is InChI=1S/C11H20O4/c1-6-14-11(8(12)13)7-9(2,3)15-10(11,4)5/h6-7H2,1-5H3,(H,12,13). The van der Waals surface area contributed by atoms with E-state index in [4.69, 9.17) is 9.47 Å². The van der Waals surface area contributed by atoms with Crippen molar-refractivity contribution in [3.05, 3.63) is 0 Å². The molecular formula is C11H20O4. The van der Waals surface area contributed by atoms with Gasteiger partial charge in [-0.05, 0) is 34.6 Å². The second-order valence-electron chi connectivity index (χ2n) is 5.11. The predicted molar refractivity (Wildman–Crippen MR) is 55.9 cm³/mol. The molecule has 0 aromatic rings. The number of aliphatic carboxylic acids is 1. The van der Waals surface area contributed by atoms with Gasteiger partial charge in [-0.2, -0.15) is 0 Å². The van der Waals surface area contributed by atoms with Crippen LogP contribution < -0.4 is 0 Å². The summed E-state index contributed by atoms with van der Waals surface area (Å²) in [7, 11) is 0. The van der Waals surface area contributed by atoms with Gasteiger partial charge in [0.05, 0.1) is 5.60 Å². The Morgan fingerprint density at radius 1 is 1.40 bits per heavy atom.